The molecule has 2 aromatic carbocycles. The molecule has 8 heteroatoms. The Kier molecular flexibility index (Phi) is 6.17. The third-order valence-corrected chi connectivity index (χ3v) is 5.45. The van der Waals surface area contributed by atoms with Crippen LogP contribution in [0.15, 0.2) is 47.4 Å². The third kappa shape index (κ3) is 4.67. The molecule has 0 saturated heterocycles. The number of benzene rings is 2. The average molecular weight is 384 g/mol. The van der Waals surface area contributed by atoms with Gasteiger partial charge in [0.05, 0.1) is 4.90 Å². The van der Waals surface area contributed by atoms with Gasteiger partial charge in [0, 0.05) is 22.9 Å². The molecule has 2 rings (SSSR count). The summed E-state index contributed by atoms with van der Waals surface area (Å²) in [5.74, 6) is 0. The summed E-state index contributed by atoms with van der Waals surface area (Å²) in [6.07, 6.45) is 0. The summed E-state index contributed by atoms with van der Waals surface area (Å²) in [4.78, 5) is 0.208. The van der Waals surface area contributed by atoms with Gasteiger partial charge in [-0.1, -0.05) is 24.6 Å². The van der Waals surface area contributed by atoms with Crippen LogP contribution >= 0.6 is 23.8 Å². The number of hydrogen-bond acceptors (Lipinski definition) is 3. The highest BCUT2D eigenvalue weighted by atomic mass is 35.5. The van der Waals surface area contributed by atoms with E-state index < -0.39 is 10.0 Å². The molecule has 0 aromatic heterocycles. The second-order valence-electron chi connectivity index (χ2n) is 5.02. The molecule has 128 valence electrons. The van der Waals surface area contributed by atoms with Crippen molar-refractivity contribution in [2.24, 2.45) is 0 Å². The summed E-state index contributed by atoms with van der Waals surface area (Å²) < 4.78 is 26.2. The zero-order valence-electron chi connectivity index (χ0n) is 13.3. The molecule has 0 amide bonds. The highest BCUT2D eigenvalue weighted by molar-refractivity contribution is 7.89. The number of halogens is 1. The standard InChI is InChI=1S/C16H18ClN3O2S2/c1-3-18-24(21,22)13-9-7-12(8-10-13)19-16(23)20-15-6-4-5-14(17)11(15)2/h4-10,18H,3H2,1-2H3,(H2,19,20,23). The van der Waals surface area contributed by atoms with Crippen molar-refractivity contribution in [3.05, 3.63) is 53.1 Å². The molecule has 3 N–H and O–H groups in total. The number of sulfonamides is 1. The summed E-state index contributed by atoms with van der Waals surface area (Å²) in [6, 6.07) is 11.9. The lowest BCUT2D eigenvalue weighted by atomic mass is 10.2. The van der Waals surface area contributed by atoms with Gasteiger partial charge in [0.25, 0.3) is 0 Å². The lowest BCUT2D eigenvalue weighted by Crippen LogP contribution is -2.23. The highest BCUT2D eigenvalue weighted by Gasteiger charge is 2.12. The van der Waals surface area contributed by atoms with Crippen LogP contribution in [0.2, 0.25) is 5.02 Å². The quantitative estimate of drug-likeness (QED) is 0.686. The lowest BCUT2D eigenvalue weighted by molar-refractivity contribution is 0.584. The third-order valence-electron chi connectivity index (χ3n) is 3.27. The van der Waals surface area contributed by atoms with Gasteiger partial charge < -0.3 is 10.6 Å². The van der Waals surface area contributed by atoms with Crippen LogP contribution in [0.4, 0.5) is 11.4 Å². The maximum Gasteiger partial charge on any atom is 0.240 e. The fraction of sp³-hybridized carbons (Fsp3) is 0.188. The predicted octanol–water partition coefficient (Wildman–Crippen LogP) is 3.76. The first-order valence-corrected chi connectivity index (χ1v) is 9.53. The van der Waals surface area contributed by atoms with Crippen molar-refractivity contribution in [3.8, 4) is 0 Å². The molecule has 0 bridgehead atoms. The maximum absolute atomic E-state index is 11.9. The minimum Gasteiger partial charge on any atom is -0.332 e. The Bertz CT molecular complexity index is 837. The molecule has 24 heavy (non-hydrogen) atoms. The molecule has 0 aliphatic heterocycles. The van der Waals surface area contributed by atoms with Crippen LogP contribution in [-0.4, -0.2) is 20.1 Å². The summed E-state index contributed by atoms with van der Waals surface area (Å²) in [7, 11) is -3.46. The van der Waals surface area contributed by atoms with Gasteiger partial charge >= 0.3 is 0 Å². The topological polar surface area (TPSA) is 70.2 Å². The summed E-state index contributed by atoms with van der Waals surface area (Å²) >= 11 is 11.3. The van der Waals surface area contributed by atoms with Crippen molar-refractivity contribution in [1.29, 1.82) is 0 Å². The molecule has 0 fully saturated rings. The largest absolute Gasteiger partial charge is 0.332 e. The van der Waals surface area contributed by atoms with Gasteiger partial charge in [-0.25, -0.2) is 13.1 Å². The van der Waals surface area contributed by atoms with Crippen molar-refractivity contribution >= 4 is 50.3 Å². The van der Waals surface area contributed by atoms with E-state index in [0.29, 0.717) is 22.4 Å². The Morgan fingerprint density at radius 3 is 2.42 bits per heavy atom. The Balaban J connectivity index is 2.06. The summed E-state index contributed by atoms with van der Waals surface area (Å²) in [6.45, 7) is 3.97. The Hall–Kier alpha value is -1.67. The second kappa shape index (κ2) is 7.94. The van der Waals surface area contributed by atoms with Crippen LogP contribution in [0.1, 0.15) is 12.5 Å². The molecule has 2 aromatic rings. The zero-order chi connectivity index (χ0) is 17.7. The van der Waals surface area contributed by atoms with Crippen molar-refractivity contribution in [2.75, 3.05) is 17.2 Å². The van der Waals surface area contributed by atoms with Gasteiger partial charge in [-0.05, 0) is 61.1 Å². The van der Waals surface area contributed by atoms with Crippen LogP contribution in [0.5, 0.6) is 0 Å². The molecule has 5 nitrogen and oxygen atoms in total. The molecule has 0 aliphatic carbocycles. The van der Waals surface area contributed by atoms with Gasteiger partial charge in [-0.3, -0.25) is 0 Å². The molecule has 0 heterocycles. The molecule has 0 aliphatic rings. The molecular formula is C16H18ClN3O2S2. The fourth-order valence-corrected chi connectivity index (χ4v) is 3.46. The van der Waals surface area contributed by atoms with E-state index in [4.69, 9.17) is 23.8 Å². The van der Waals surface area contributed by atoms with Crippen molar-refractivity contribution < 1.29 is 8.42 Å². The minimum absolute atomic E-state index is 0.208. The van der Waals surface area contributed by atoms with Gasteiger partial charge in [-0.2, -0.15) is 0 Å². The first-order chi connectivity index (χ1) is 11.3. The monoisotopic (exact) mass is 383 g/mol. The number of thiocarbonyl (C=S) groups is 1. The minimum atomic E-state index is -3.46. The molecule has 0 saturated carbocycles. The average Bonchev–Trinajstić information content (AvgIpc) is 2.52. The first-order valence-electron chi connectivity index (χ1n) is 7.26. The second-order valence-corrected chi connectivity index (χ2v) is 7.60. The summed E-state index contributed by atoms with van der Waals surface area (Å²) in [5.41, 5.74) is 2.39. The van der Waals surface area contributed by atoms with Gasteiger partial charge in [0.15, 0.2) is 5.11 Å². The molecular weight excluding hydrogens is 366 g/mol. The van der Waals surface area contributed by atoms with Crippen molar-refractivity contribution in [2.45, 2.75) is 18.7 Å². The number of anilines is 2. The Morgan fingerprint density at radius 2 is 1.79 bits per heavy atom. The molecule has 0 radical (unpaired) electrons. The predicted molar refractivity (Wildman–Crippen MR) is 103 cm³/mol. The molecule has 0 atom stereocenters. The van der Waals surface area contributed by atoms with Crippen LogP contribution in [-0.2, 0) is 10.0 Å². The maximum atomic E-state index is 11.9. The number of nitrogens with one attached hydrogen (secondary N) is 3. The molecule has 0 unspecified atom stereocenters. The van der Waals surface area contributed by atoms with Crippen LogP contribution in [0.25, 0.3) is 0 Å². The van der Waals surface area contributed by atoms with E-state index in [1.54, 1.807) is 19.1 Å². The van der Waals surface area contributed by atoms with E-state index in [2.05, 4.69) is 15.4 Å². The number of hydrogen-bond donors (Lipinski definition) is 3. The molecule has 0 spiro atoms. The van der Waals surface area contributed by atoms with E-state index in [0.717, 1.165) is 11.3 Å². The zero-order valence-corrected chi connectivity index (χ0v) is 15.6. The van der Waals surface area contributed by atoms with E-state index in [1.165, 1.54) is 12.1 Å². The van der Waals surface area contributed by atoms with E-state index in [-0.39, 0.29) is 4.90 Å². The van der Waals surface area contributed by atoms with Crippen LogP contribution in [0, 0.1) is 6.92 Å². The van der Waals surface area contributed by atoms with Gasteiger partial charge in [-0.15, -0.1) is 0 Å². The van der Waals surface area contributed by atoms with Crippen molar-refractivity contribution in [1.82, 2.24) is 4.72 Å². The van der Waals surface area contributed by atoms with Crippen LogP contribution < -0.4 is 15.4 Å². The van der Waals surface area contributed by atoms with Gasteiger partial charge in [0.1, 0.15) is 0 Å². The van der Waals surface area contributed by atoms with E-state index >= 15 is 0 Å². The smallest absolute Gasteiger partial charge is 0.240 e. The lowest BCUT2D eigenvalue weighted by Gasteiger charge is -2.13. The first kappa shape index (κ1) is 18.7. The SMILES string of the molecule is CCNS(=O)(=O)c1ccc(NC(=S)Nc2cccc(Cl)c2C)cc1. The Labute approximate surface area is 152 Å². The van der Waals surface area contributed by atoms with E-state index in [9.17, 15) is 8.42 Å². The number of rotatable bonds is 5. The van der Waals surface area contributed by atoms with Gasteiger partial charge in [0.2, 0.25) is 10.0 Å². The van der Waals surface area contributed by atoms with Crippen LogP contribution in [0.3, 0.4) is 0 Å². The highest BCUT2D eigenvalue weighted by Crippen LogP contribution is 2.23. The Morgan fingerprint density at radius 1 is 1.12 bits per heavy atom. The van der Waals surface area contributed by atoms with E-state index in [1.807, 2.05) is 25.1 Å². The van der Waals surface area contributed by atoms with Crippen molar-refractivity contribution in [3.63, 3.8) is 0 Å². The fourth-order valence-electron chi connectivity index (χ4n) is 2.02. The summed E-state index contributed by atoms with van der Waals surface area (Å²) in [5, 5.41) is 7.12. The normalized spacial score (nSPS) is 11.1.